The molecule has 0 unspecified atom stereocenters. The topological polar surface area (TPSA) is 79.0 Å². The van der Waals surface area contributed by atoms with Crippen molar-refractivity contribution < 1.29 is 4.74 Å². The van der Waals surface area contributed by atoms with Gasteiger partial charge >= 0.3 is 0 Å². The van der Waals surface area contributed by atoms with E-state index in [-0.39, 0.29) is 0 Å². The van der Waals surface area contributed by atoms with Crippen molar-refractivity contribution in [2.24, 2.45) is 0 Å². The predicted molar refractivity (Wildman–Crippen MR) is 82.7 cm³/mol. The van der Waals surface area contributed by atoms with Gasteiger partial charge in [-0.3, -0.25) is 0 Å². The van der Waals surface area contributed by atoms with Crippen LogP contribution in [0.2, 0.25) is 0 Å². The molecule has 1 aliphatic carbocycles. The van der Waals surface area contributed by atoms with Crippen molar-refractivity contribution in [1.82, 2.24) is 19.9 Å². The van der Waals surface area contributed by atoms with Gasteiger partial charge in [0, 0.05) is 26.2 Å². The van der Waals surface area contributed by atoms with Crippen molar-refractivity contribution in [2.75, 3.05) is 37.0 Å². The second-order valence-corrected chi connectivity index (χ2v) is 5.32. The minimum Gasteiger partial charge on any atom is -0.383 e. The standard InChI is InChI=1S/C14H22N6O/c1-3-6-15-14-18-12-11(16-9-17-12)13(19-14)20(7-8-21-2)10-4-5-10/h9-10H,3-8H2,1-2H3,(H2,15,16,17,18,19). The third kappa shape index (κ3) is 3.07. The van der Waals surface area contributed by atoms with Gasteiger partial charge in [0.15, 0.2) is 11.5 Å². The van der Waals surface area contributed by atoms with Crippen molar-refractivity contribution in [2.45, 2.75) is 32.2 Å². The van der Waals surface area contributed by atoms with Crippen molar-refractivity contribution in [3.05, 3.63) is 6.33 Å². The first-order valence-corrected chi connectivity index (χ1v) is 7.54. The first kappa shape index (κ1) is 14.1. The number of imidazole rings is 1. The highest BCUT2D eigenvalue weighted by Gasteiger charge is 2.31. The minimum absolute atomic E-state index is 0.556. The van der Waals surface area contributed by atoms with Gasteiger partial charge in [-0.2, -0.15) is 9.97 Å². The largest absolute Gasteiger partial charge is 0.383 e. The number of hydrogen-bond donors (Lipinski definition) is 2. The van der Waals surface area contributed by atoms with E-state index >= 15 is 0 Å². The van der Waals surface area contributed by atoms with Crippen LogP contribution in [0.25, 0.3) is 11.2 Å². The second kappa shape index (κ2) is 6.26. The smallest absolute Gasteiger partial charge is 0.226 e. The predicted octanol–water partition coefficient (Wildman–Crippen LogP) is 1.79. The maximum atomic E-state index is 5.23. The molecule has 0 spiro atoms. The van der Waals surface area contributed by atoms with Gasteiger partial charge in [-0.1, -0.05) is 6.92 Å². The lowest BCUT2D eigenvalue weighted by molar-refractivity contribution is 0.205. The highest BCUT2D eigenvalue weighted by molar-refractivity contribution is 5.84. The van der Waals surface area contributed by atoms with Gasteiger partial charge < -0.3 is 19.9 Å². The third-order valence-electron chi connectivity index (χ3n) is 3.60. The molecule has 0 aliphatic heterocycles. The zero-order chi connectivity index (χ0) is 14.7. The molecule has 3 rings (SSSR count). The molecule has 1 aliphatic rings. The van der Waals surface area contributed by atoms with Crippen molar-refractivity contribution in [3.8, 4) is 0 Å². The SMILES string of the molecule is CCCNc1nc(N(CCOC)C2CC2)c2[nH]cnc2n1. The first-order valence-electron chi connectivity index (χ1n) is 7.54. The third-order valence-corrected chi connectivity index (χ3v) is 3.60. The molecule has 0 atom stereocenters. The second-order valence-electron chi connectivity index (χ2n) is 5.32. The molecule has 7 heteroatoms. The fourth-order valence-electron chi connectivity index (χ4n) is 2.38. The molecule has 0 amide bonds. The van der Waals surface area contributed by atoms with Gasteiger partial charge in [0.1, 0.15) is 5.52 Å². The number of aromatic amines is 1. The molecular weight excluding hydrogens is 268 g/mol. The summed E-state index contributed by atoms with van der Waals surface area (Å²) >= 11 is 0. The molecule has 2 heterocycles. The number of nitrogens with one attached hydrogen (secondary N) is 2. The summed E-state index contributed by atoms with van der Waals surface area (Å²) in [6.45, 7) is 4.50. The Hall–Kier alpha value is -1.89. The molecule has 114 valence electrons. The van der Waals surface area contributed by atoms with Gasteiger partial charge in [-0.05, 0) is 19.3 Å². The van der Waals surface area contributed by atoms with Crippen LogP contribution in [-0.4, -0.2) is 52.8 Å². The molecule has 1 fully saturated rings. The quantitative estimate of drug-likeness (QED) is 0.771. The number of hydrogen-bond acceptors (Lipinski definition) is 6. The van der Waals surface area contributed by atoms with Crippen LogP contribution in [0.1, 0.15) is 26.2 Å². The van der Waals surface area contributed by atoms with Crippen LogP contribution in [0.5, 0.6) is 0 Å². The van der Waals surface area contributed by atoms with Crippen molar-refractivity contribution >= 4 is 22.9 Å². The molecule has 2 N–H and O–H groups in total. The summed E-state index contributed by atoms with van der Waals surface area (Å²) in [4.78, 5) is 18.9. The van der Waals surface area contributed by atoms with E-state index in [2.05, 4.69) is 32.1 Å². The van der Waals surface area contributed by atoms with Gasteiger partial charge in [-0.15, -0.1) is 0 Å². The van der Waals surface area contributed by atoms with E-state index in [9.17, 15) is 0 Å². The number of anilines is 2. The number of H-pyrrole nitrogens is 1. The van der Waals surface area contributed by atoms with E-state index < -0.39 is 0 Å². The molecule has 0 saturated heterocycles. The highest BCUT2D eigenvalue weighted by Crippen LogP contribution is 2.33. The molecule has 7 nitrogen and oxygen atoms in total. The monoisotopic (exact) mass is 290 g/mol. The van der Waals surface area contributed by atoms with Crippen LogP contribution in [0.3, 0.4) is 0 Å². The number of aromatic nitrogens is 4. The van der Waals surface area contributed by atoms with Crippen LogP contribution in [0.4, 0.5) is 11.8 Å². The first-order chi connectivity index (χ1) is 10.3. The number of fused-ring (bicyclic) bond motifs is 1. The maximum Gasteiger partial charge on any atom is 0.226 e. The molecule has 0 bridgehead atoms. The summed E-state index contributed by atoms with van der Waals surface area (Å²) < 4.78 is 5.23. The summed E-state index contributed by atoms with van der Waals surface area (Å²) in [5.41, 5.74) is 1.61. The average Bonchev–Trinajstić information content (AvgIpc) is 3.22. The normalized spacial score (nSPS) is 14.6. The Morgan fingerprint density at radius 2 is 2.29 bits per heavy atom. The molecule has 0 radical (unpaired) electrons. The number of methoxy groups -OCH3 is 1. The van der Waals surface area contributed by atoms with Gasteiger partial charge in [0.05, 0.1) is 12.9 Å². The number of rotatable bonds is 8. The fourth-order valence-corrected chi connectivity index (χ4v) is 2.38. The Morgan fingerprint density at radius 1 is 1.43 bits per heavy atom. The molecule has 2 aromatic rings. The van der Waals surface area contributed by atoms with E-state index in [1.807, 2.05) is 0 Å². The number of ether oxygens (including phenoxy) is 1. The average molecular weight is 290 g/mol. The Kier molecular flexibility index (Phi) is 4.19. The van der Waals surface area contributed by atoms with Crippen LogP contribution in [-0.2, 0) is 4.74 Å². The van der Waals surface area contributed by atoms with Gasteiger partial charge in [0.2, 0.25) is 5.95 Å². The Morgan fingerprint density at radius 3 is 3.00 bits per heavy atom. The lowest BCUT2D eigenvalue weighted by Crippen LogP contribution is -2.30. The van der Waals surface area contributed by atoms with E-state index in [4.69, 9.17) is 9.72 Å². The fraction of sp³-hybridized carbons (Fsp3) is 0.643. The van der Waals surface area contributed by atoms with E-state index in [0.717, 1.165) is 30.8 Å². The Balaban J connectivity index is 1.95. The summed E-state index contributed by atoms with van der Waals surface area (Å²) in [6.07, 6.45) is 5.13. The van der Waals surface area contributed by atoms with Crippen LogP contribution in [0.15, 0.2) is 6.33 Å². The van der Waals surface area contributed by atoms with Crippen molar-refractivity contribution in [1.29, 1.82) is 0 Å². The van der Waals surface area contributed by atoms with Crippen molar-refractivity contribution in [3.63, 3.8) is 0 Å². The van der Waals surface area contributed by atoms with Gasteiger partial charge in [0.25, 0.3) is 0 Å². The Labute approximate surface area is 124 Å². The summed E-state index contributed by atoms with van der Waals surface area (Å²) in [5, 5.41) is 3.25. The molecule has 2 aromatic heterocycles. The molecule has 1 saturated carbocycles. The lowest BCUT2D eigenvalue weighted by Gasteiger charge is -2.23. The summed E-state index contributed by atoms with van der Waals surface area (Å²) in [7, 11) is 1.73. The Bertz CT molecular complexity index is 594. The van der Waals surface area contributed by atoms with Crippen LogP contribution >= 0.6 is 0 Å². The molecule has 0 aromatic carbocycles. The van der Waals surface area contributed by atoms with Crippen LogP contribution < -0.4 is 10.2 Å². The molecule has 21 heavy (non-hydrogen) atoms. The summed E-state index contributed by atoms with van der Waals surface area (Å²) in [5.74, 6) is 1.57. The molecular formula is C14H22N6O. The van der Waals surface area contributed by atoms with E-state index in [0.29, 0.717) is 24.2 Å². The van der Waals surface area contributed by atoms with Gasteiger partial charge in [-0.25, -0.2) is 4.98 Å². The lowest BCUT2D eigenvalue weighted by atomic mass is 10.4. The minimum atomic E-state index is 0.556. The van der Waals surface area contributed by atoms with Crippen LogP contribution in [0, 0.1) is 0 Å². The summed E-state index contributed by atoms with van der Waals surface area (Å²) in [6, 6.07) is 0.556. The highest BCUT2D eigenvalue weighted by atomic mass is 16.5. The zero-order valence-corrected chi connectivity index (χ0v) is 12.6. The van der Waals surface area contributed by atoms with E-state index in [1.165, 1.54) is 12.8 Å². The van der Waals surface area contributed by atoms with E-state index in [1.54, 1.807) is 13.4 Å². The zero-order valence-electron chi connectivity index (χ0n) is 12.6. The number of nitrogens with zero attached hydrogens (tertiary/aromatic N) is 4. The maximum absolute atomic E-state index is 5.23.